The van der Waals surface area contributed by atoms with Gasteiger partial charge in [0.25, 0.3) is 5.91 Å². The summed E-state index contributed by atoms with van der Waals surface area (Å²) in [6.07, 6.45) is 4.54. The van der Waals surface area contributed by atoms with Crippen molar-refractivity contribution in [3.05, 3.63) is 33.8 Å². The van der Waals surface area contributed by atoms with E-state index >= 15 is 0 Å². The van der Waals surface area contributed by atoms with E-state index in [0.29, 0.717) is 41.0 Å². The van der Waals surface area contributed by atoms with Gasteiger partial charge < -0.3 is 16.0 Å². The van der Waals surface area contributed by atoms with Crippen molar-refractivity contribution in [3.63, 3.8) is 0 Å². The molecule has 1 aromatic rings. The molecule has 8 heteroatoms. The van der Waals surface area contributed by atoms with Gasteiger partial charge in [-0.15, -0.1) is 12.4 Å². The fourth-order valence-electron chi connectivity index (χ4n) is 3.89. The van der Waals surface area contributed by atoms with Crippen molar-refractivity contribution >= 4 is 47.4 Å². The SMILES string of the molecule is Cl.NCC1CCCC1NC(=O)C1CCCN1C(=O)c1cc(Cl)ccc1Cl. The second-order valence-corrected chi connectivity index (χ2v) is 7.67. The highest BCUT2D eigenvalue weighted by Crippen LogP contribution is 2.28. The van der Waals surface area contributed by atoms with Crippen LogP contribution in [-0.4, -0.2) is 41.9 Å². The van der Waals surface area contributed by atoms with Gasteiger partial charge in [-0.25, -0.2) is 0 Å². The third-order valence-electron chi connectivity index (χ3n) is 5.26. The number of amides is 2. The normalized spacial score (nSPS) is 25.0. The lowest BCUT2D eigenvalue weighted by Crippen LogP contribution is -2.50. The van der Waals surface area contributed by atoms with Gasteiger partial charge in [0.05, 0.1) is 10.6 Å². The number of nitrogens with two attached hydrogens (primary N) is 1. The molecule has 0 bridgehead atoms. The van der Waals surface area contributed by atoms with Crippen LogP contribution in [0.1, 0.15) is 42.5 Å². The Balaban J connectivity index is 0.00000243. The van der Waals surface area contributed by atoms with E-state index in [1.807, 2.05) is 0 Å². The maximum Gasteiger partial charge on any atom is 0.256 e. The predicted octanol–water partition coefficient (Wildman–Crippen LogP) is 3.26. The van der Waals surface area contributed by atoms with E-state index in [9.17, 15) is 9.59 Å². The molecule has 3 N–H and O–H groups in total. The topological polar surface area (TPSA) is 75.4 Å². The summed E-state index contributed by atoms with van der Waals surface area (Å²) in [5.41, 5.74) is 6.13. The Kier molecular flexibility index (Phi) is 7.59. The Labute approximate surface area is 170 Å². The molecule has 0 spiro atoms. The fourth-order valence-corrected chi connectivity index (χ4v) is 4.26. The molecule has 26 heavy (non-hydrogen) atoms. The van der Waals surface area contributed by atoms with Gasteiger partial charge in [0.15, 0.2) is 0 Å². The van der Waals surface area contributed by atoms with Crippen LogP contribution in [0.2, 0.25) is 10.0 Å². The highest BCUT2D eigenvalue weighted by Gasteiger charge is 2.37. The predicted molar refractivity (Wildman–Crippen MR) is 106 cm³/mol. The average molecular weight is 421 g/mol. The minimum Gasteiger partial charge on any atom is -0.351 e. The lowest BCUT2D eigenvalue weighted by molar-refractivity contribution is -0.125. The van der Waals surface area contributed by atoms with E-state index in [-0.39, 0.29) is 30.3 Å². The van der Waals surface area contributed by atoms with E-state index in [1.165, 1.54) is 0 Å². The zero-order valence-corrected chi connectivity index (χ0v) is 16.7. The van der Waals surface area contributed by atoms with Gasteiger partial charge in [-0.1, -0.05) is 29.6 Å². The number of likely N-dealkylation sites (tertiary alicyclic amines) is 1. The van der Waals surface area contributed by atoms with Gasteiger partial charge in [-0.05, 0) is 56.3 Å². The van der Waals surface area contributed by atoms with Crippen molar-refractivity contribution in [3.8, 4) is 0 Å². The smallest absolute Gasteiger partial charge is 0.256 e. The molecule has 1 aliphatic heterocycles. The van der Waals surface area contributed by atoms with Crippen LogP contribution in [0, 0.1) is 5.92 Å². The van der Waals surface area contributed by atoms with Gasteiger partial charge in [-0.3, -0.25) is 9.59 Å². The number of hydrogen-bond donors (Lipinski definition) is 2. The van der Waals surface area contributed by atoms with Crippen LogP contribution in [-0.2, 0) is 4.79 Å². The molecular formula is C18H24Cl3N3O2. The highest BCUT2D eigenvalue weighted by atomic mass is 35.5. The van der Waals surface area contributed by atoms with Crippen LogP contribution < -0.4 is 11.1 Å². The molecule has 3 atom stereocenters. The maximum atomic E-state index is 12.9. The highest BCUT2D eigenvalue weighted by molar-refractivity contribution is 6.35. The van der Waals surface area contributed by atoms with Crippen LogP contribution in [0.15, 0.2) is 18.2 Å². The number of benzene rings is 1. The number of carbonyl (C=O) groups excluding carboxylic acids is 2. The molecule has 0 aromatic heterocycles. The quantitative estimate of drug-likeness (QED) is 0.785. The van der Waals surface area contributed by atoms with Crippen molar-refractivity contribution in [2.75, 3.05) is 13.1 Å². The summed E-state index contributed by atoms with van der Waals surface area (Å²) in [5.74, 6) is -0.00169. The molecule has 1 aromatic carbocycles. The number of carbonyl (C=O) groups is 2. The minimum absolute atomic E-state index is 0. The number of nitrogens with one attached hydrogen (secondary N) is 1. The summed E-state index contributed by atoms with van der Waals surface area (Å²) in [6.45, 7) is 1.13. The van der Waals surface area contributed by atoms with E-state index in [0.717, 1.165) is 25.7 Å². The van der Waals surface area contributed by atoms with E-state index in [1.54, 1.807) is 23.1 Å². The zero-order valence-electron chi connectivity index (χ0n) is 14.4. The molecule has 3 unspecified atom stereocenters. The second kappa shape index (κ2) is 9.27. The number of rotatable bonds is 4. The van der Waals surface area contributed by atoms with Crippen molar-refractivity contribution < 1.29 is 9.59 Å². The van der Waals surface area contributed by atoms with Crippen molar-refractivity contribution in [1.82, 2.24) is 10.2 Å². The number of hydrogen-bond acceptors (Lipinski definition) is 3. The average Bonchev–Trinajstić information content (AvgIpc) is 3.25. The van der Waals surface area contributed by atoms with Gasteiger partial charge in [0.2, 0.25) is 5.91 Å². The maximum absolute atomic E-state index is 12.9. The molecule has 5 nitrogen and oxygen atoms in total. The van der Waals surface area contributed by atoms with Gasteiger partial charge in [0, 0.05) is 17.6 Å². The summed E-state index contributed by atoms with van der Waals surface area (Å²) >= 11 is 12.1. The molecule has 3 rings (SSSR count). The molecular weight excluding hydrogens is 397 g/mol. The summed E-state index contributed by atoms with van der Waals surface area (Å²) in [5, 5.41) is 3.91. The summed E-state index contributed by atoms with van der Waals surface area (Å²) in [7, 11) is 0. The third kappa shape index (κ3) is 4.45. The fraction of sp³-hybridized carbons (Fsp3) is 0.556. The van der Waals surface area contributed by atoms with Crippen LogP contribution >= 0.6 is 35.6 Å². The monoisotopic (exact) mass is 419 g/mol. The Morgan fingerprint density at radius 2 is 1.96 bits per heavy atom. The molecule has 1 saturated heterocycles. The Morgan fingerprint density at radius 3 is 2.69 bits per heavy atom. The van der Waals surface area contributed by atoms with Crippen LogP contribution in [0.3, 0.4) is 0 Å². The van der Waals surface area contributed by atoms with Gasteiger partial charge in [-0.2, -0.15) is 0 Å². The third-order valence-corrected chi connectivity index (χ3v) is 5.83. The van der Waals surface area contributed by atoms with E-state index in [2.05, 4.69) is 5.32 Å². The molecule has 1 heterocycles. The summed E-state index contributed by atoms with van der Waals surface area (Å²) in [6, 6.07) is 4.46. The number of nitrogens with zero attached hydrogens (tertiary/aromatic N) is 1. The summed E-state index contributed by atoms with van der Waals surface area (Å²) in [4.78, 5) is 27.2. The first-order chi connectivity index (χ1) is 12.0. The first-order valence-electron chi connectivity index (χ1n) is 8.77. The van der Waals surface area contributed by atoms with Crippen molar-refractivity contribution in [2.45, 2.75) is 44.2 Å². The minimum atomic E-state index is -0.457. The molecule has 0 radical (unpaired) electrons. The number of halogens is 3. The van der Waals surface area contributed by atoms with Gasteiger partial charge >= 0.3 is 0 Å². The molecule has 144 valence electrons. The van der Waals surface area contributed by atoms with Crippen molar-refractivity contribution in [2.24, 2.45) is 11.7 Å². The second-order valence-electron chi connectivity index (χ2n) is 6.82. The Hall–Kier alpha value is -1.01. The summed E-state index contributed by atoms with van der Waals surface area (Å²) < 4.78 is 0. The molecule has 1 aliphatic carbocycles. The first kappa shape index (κ1) is 21.3. The van der Waals surface area contributed by atoms with Crippen LogP contribution in [0.4, 0.5) is 0 Å². The Morgan fingerprint density at radius 1 is 1.19 bits per heavy atom. The lowest BCUT2D eigenvalue weighted by Gasteiger charge is -2.27. The van der Waals surface area contributed by atoms with E-state index < -0.39 is 6.04 Å². The van der Waals surface area contributed by atoms with E-state index in [4.69, 9.17) is 28.9 Å². The largest absolute Gasteiger partial charge is 0.351 e. The zero-order chi connectivity index (χ0) is 18.0. The first-order valence-corrected chi connectivity index (χ1v) is 9.53. The Bertz CT molecular complexity index is 671. The van der Waals surface area contributed by atoms with Crippen LogP contribution in [0.5, 0.6) is 0 Å². The molecule has 1 saturated carbocycles. The van der Waals surface area contributed by atoms with Crippen LogP contribution in [0.25, 0.3) is 0 Å². The molecule has 2 aliphatic rings. The van der Waals surface area contributed by atoms with Gasteiger partial charge in [0.1, 0.15) is 6.04 Å². The molecule has 2 fully saturated rings. The lowest BCUT2D eigenvalue weighted by atomic mass is 10.0. The standard InChI is InChI=1S/C18H23Cl2N3O2.ClH/c19-12-6-7-14(20)13(9-12)18(25)23-8-2-5-16(23)17(24)22-15-4-1-3-11(15)10-21;/h6-7,9,11,15-16H,1-5,8,10,21H2,(H,22,24);1H. The van der Waals surface area contributed by atoms with Crippen molar-refractivity contribution in [1.29, 1.82) is 0 Å². The molecule has 2 amide bonds.